The molecule has 1 N–H and O–H groups in total. The number of anilines is 1. The van der Waals surface area contributed by atoms with Gasteiger partial charge < -0.3 is 10.1 Å². The van der Waals surface area contributed by atoms with Gasteiger partial charge in [0.1, 0.15) is 18.4 Å². The molecule has 7 nitrogen and oxygen atoms in total. The topological polar surface area (TPSA) is 99.5 Å². The molecule has 1 fully saturated rings. The molecule has 0 bridgehead atoms. The minimum atomic E-state index is -0.507. The van der Waals surface area contributed by atoms with Crippen LogP contribution in [0.2, 0.25) is 0 Å². The lowest BCUT2D eigenvalue weighted by Gasteiger charge is -2.15. The summed E-state index contributed by atoms with van der Waals surface area (Å²) in [5.74, 6) is -0.407. The highest BCUT2D eigenvalue weighted by atomic mass is 32.2. The molecule has 2 aromatic carbocycles. The highest BCUT2D eigenvalue weighted by molar-refractivity contribution is 8.18. The molecule has 158 valence electrons. The third kappa shape index (κ3) is 5.32. The molecule has 1 heterocycles. The van der Waals surface area contributed by atoms with E-state index < -0.39 is 17.1 Å². The number of thioether (sulfide) groups is 1. The van der Waals surface area contributed by atoms with Crippen LogP contribution in [0.5, 0.6) is 5.75 Å². The summed E-state index contributed by atoms with van der Waals surface area (Å²) in [7, 11) is 0. The van der Waals surface area contributed by atoms with E-state index in [0.717, 1.165) is 33.4 Å². The largest absolute Gasteiger partial charge is 0.479 e. The van der Waals surface area contributed by atoms with Crippen LogP contribution < -0.4 is 10.1 Å². The number of hydrogen-bond donors (Lipinski definition) is 1. The second kappa shape index (κ2) is 9.49. The standard InChI is InChI=1S/C23H21N3O4S/c1-14-10-15(2)21(16(3)11-14)25-20(27)13-26-22(28)19(31-23(26)29)12-17-4-6-18(7-5-17)30-9-8-24/h4-7,10-12H,9,13H2,1-3H3,(H,25,27)/b19-12-. The Morgan fingerprint density at radius 1 is 1.16 bits per heavy atom. The van der Waals surface area contributed by atoms with E-state index >= 15 is 0 Å². The minimum absolute atomic E-state index is 0.0536. The van der Waals surface area contributed by atoms with E-state index in [-0.39, 0.29) is 18.1 Å². The Labute approximate surface area is 184 Å². The average Bonchev–Trinajstić information content (AvgIpc) is 2.97. The van der Waals surface area contributed by atoms with Gasteiger partial charge in [-0.2, -0.15) is 5.26 Å². The Kier molecular flexibility index (Phi) is 6.78. The first-order valence-electron chi connectivity index (χ1n) is 9.51. The molecule has 8 heteroatoms. The van der Waals surface area contributed by atoms with Gasteiger partial charge in [-0.1, -0.05) is 29.8 Å². The molecule has 0 aromatic heterocycles. The smallest absolute Gasteiger partial charge is 0.294 e. The predicted molar refractivity (Wildman–Crippen MR) is 120 cm³/mol. The van der Waals surface area contributed by atoms with Crippen LogP contribution in [0.1, 0.15) is 22.3 Å². The number of carbonyl (C=O) groups is 3. The molecule has 0 radical (unpaired) electrons. The lowest BCUT2D eigenvalue weighted by atomic mass is 10.1. The third-order valence-corrected chi connectivity index (χ3v) is 5.51. The fourth-order valence-electron chi connectivity index (χ4n) is 3.26. The van der Waals surface area contributed by atoms with Crippen LogP contribution in [0.4, 0.5) is 10.5 Å². The van der Waals surface area contributed by atoms with Crippen LogP contribution in [0, 0.1) is 32.1 Å². The first-order valence-corrected chi connectivity index (χ1v) is 10.3. The van der Waals surface area contributed by atoms with Crippen LogP contribution >= 0.6 is 11.8 Å². The van der Waals surface area contributed by atoms with Gasteiger partial charge in [0.25, 0.3) is 11.1 Å². The number of amides is 3. The summed E-state index contributed by atoms with van der Waals surface area (Å²) < 4.78 is 5.19. The molecule has 0 spiro atoms. The molecule has 0 unspecified atom stereocenters. The number of nitriles is 1. The highest BCUT2D eigenvalue weighted by Gasteiger charge is 2.36. The van der Waals surface area contributed by atoms with Crippen molar-refractivity contribution in [3.63, 3.8) is 0 Å². The number of nitrogens with zero attached hydrogens (tertiary/aromatic N) is 2. The van der Waals surface area contributed by atoms with Crippen molar-refractivity contribution in [3.05, 3.63) is 63.6 Å². The highest BCUT2D eigenvalue weighted by Crippen LogP contribution is 2.32. The molecule has 0 saturated carbocycles. The Morgan fingerprint density at radius 2 is 1.81 bits per heavy atom. The molecule has 0 atom stereocenters. The number of hydrogen-bond acceptors (Lipinski definition) is 6. The van der Waals surface area contributed by atoms with Gasteiger partial charge in [-0.3, -0.25) is 19.3 Å². The maximum Gasteiger partial charge on any atom is 0.294 e. The Balaban J connectivity index is 1.68. The van der Waals surface area contributed by atoms with E-state index in [1.807, 2.05) is 39.0 Å². The summed E-state index contributed by atoms with van der Waals surface area (Å²) in [6, 6.07) is 12.6. The van der Waals surface area contributed by atoms with Gasteiger partial charge in [0, 0.05) is 5.69 Å². The predicted octanol–water partition coefficient (Wildman–Crippen LogP) is 4.19. The van der Waals surface area contributed by atoms with Crippen LogP contribution in [0.15, 0.2) is 41.3 Å². The second-order valence-electron chi connectivity index (χ2n) is 7.11. The lowest BCUT2D eigenvalue weighted by Crippen LogP contribution is -2.36. The van der Waals surface area contributed by atoms with E-state index in [2.05, 4.69) is 5.32 Å². The van der Waals surface area contributed by atoms with Crippen molar-refractivity contribution < 1.29 is 19.1 Å². The zero-order valence-corrected chi connectivity index (χ0v) is 18.2. The van der Waals surface area contributed by atoms with Crippen molar-refractivity contribution in [2.75, 3.05) is 18.5 Å². The van der Waals surface area contributed by atoms with Crippen molar-refractivity contribution in [2.45, 2.75) is 20.8 Å². The van der Waals surface area contributed by atoms with Gasteiger partial charge >= 0.3 is 0 Å². The quantitative estimate of drug-likeness (QED) is 0.683. The van der Waals surface area contributed by atoms with Crippen molar-refractivity contribution in [2.24, 2.45) is 0 Å². The first kappa shape index (κ1) is 22.1. The zero-order chi connectivity index (χ0) is 22.5. The fourth-order valence-corrected chi connectivity index (χ4v) is 4.10. The van der Waals surface area contributed by atoms with E-state index in [4.69, 9.17) is 10.00 Å². The molecule has 0 aliphatic carbocycles. The molecule has 31 heavy (non-hydrogen) atoms. The van der Waals surface area contributed by atoms with Crippen molar-refractivity contribution in [3.8, 4) is 11.8 Å². The summed E-state index contributed by atoms with van der Waals surface area (Å²) in [5, 5.41) is 10.9. The van der Waals surface area contributed by atoms with Crippen molar-refractivity contribution in [1.29, 1.82) is 5.26 Å². The van der Waals surface area contributed by atoms with Gasteiger partial charge in [-0.15, -0.1) is 0 Å². The zero-order valence-electron chi connectivity index (χ0n) is 17.4. The number of carbonyl (C=O) groups excluding carboxylic acids is 3. The van der Waals surface area contributed by atoms with Gasteiger partial charge in [0.2, 0.25) is 5.91 Å². The SMILES string of the molecule is Cc1cc(C)c(NC(=O)CN2C(=O)S/C(=C\c3ccc(OCC#N)cc3)C2=O)c(C)c1. The summed E-state index contributed by atoms with van der Waals surface area (Å²) in [4.78, 5) is 38.7. The normalized spacial score (nSPS) is 14.6. The average molecular weight is 436 g/mol. The fraction of sp³-hybridized carbons (Fsp3) is 0.217. The Bertz CT molecular complexity index is 1090. The summed E-state index contributed by atoms with van der Waals surface area (Å²) in [6.07, 6.45) is 1.59. The molecule has 2 aromatic rings. The van der Waals surface area contributed by atoms with Gasteiger partial charge in [-0.05, 0) is 67.4 Å². The maximum atomic E-state index is 12.7. The molecule has 3 rings (SSSR count). The Morgan fingerprint density at radius 3 is 2.42 bits per heavy atom. The van der Waals surface area contributed by atoms with Gasteiger partial charge in [0.15, 0.2) is 6.61 Å². The summed E-state index contributed by atoms with van der Waals surface area (Å²) in [5.41, 5.74) is 4.32. The molecule has 1 aliphatic rings. The molecular weight excluding hydrogens is 414 g/mol. The van der Waals surface area contributed by atoms with Crippen LogP contribution in [-0.2, 0) is 9.59 Å². The van der Waals surface area contributed by atoms with Crippen molar-refractivity contribution in [1.82, 2.24) is 4.90 Å². The molecule has 3 amide bonds. The maximum absolute atomic E-state index is 12.7. The monoisotopic (exact) mass is 435 g/mol. The number of ether oxygens (including phenoxy) is 1. The number of imide groups is 1. The van der Waals surface area contributed by atoms with E-state index in [0.29, 0.717) is 17.0 Å². The number of aryl methyl sites for hydroxylation is 3. The van der Waals surface area contributed by atoms with Crippen LogP contribution in [-0.4, -0.2) is 35.1 Å². The van der Waals surface area contributed by atoms with E-state index in [1.165, 1.54) is 0 Å². The molecular formula is C23H21N3O4S. The Hall–Kier alpha value is -3.57. The van der Waals surface area contributed by atoms with E-state index in [1.54, 1.807) is 30.3 Å². The van der Waals surface area contributed by atoms with Gasteiger partial charge in [0.05, 0.1) is 4.91 Å². The summed E-state index contributed by atoms with van der Waals surface area (Å²) in [6.45, 7) is 5.37. The van der Waals surface area contributed by atoms with Crippen LogP contribution in [0.3, 0.4) is 0 Å². The molecule has 1 saturated heterocycles. The number of benzene rings is 2. The van der Waals surface area contributed by atoms with Crippen molar-refractivity contribution >= 4 is 40.6 Å². The van der Waals surface area contributed by atoms with Gasteiger partial charge in [-0.25, -0.2) is 0 Å². The van der Waals surface area contributed by atoms with E-state index in [9.17, 15) is 14.4 Å². The summed E-state index contributed by atoms with van der Waals surface area (Å²) >= 11 is 0.795. The lowest BCUT2D eigenvalue weighted by molar-refractivity contribution is -0.127. The minimum Gasteiger partial charge on any atom is -0.479 e. The first-order chi connectivity index (χ1) is 14.8. The van der Waals surface area contributed by atoms with Crippen LogP contribution in [0.25, 0.3) is 6.08 Å². The molecule has 1 aliphatic heterocycles. The third-order valence-electron chi connectivity index (χ3n) is 4.60. The number of rotatable bonds is 6. The second-order valence-corrected chi connectivity index (χ2v) is 8.10. The number of nitrogens with one attached hydrogen (secondary N) is 1.